The van der Waals surface area contributed by atoms with Crippen molar-refractivity contribution >= 4 is 52.3 Å². The number of unbranched alkanes of at least 4 members (excludes halogenated alkanes) is 3. The number of H-pyrrole nitrogens is 1. The van der Waals surface area contributed by atoms with Gasteiger partial charge in [-0.05, 0) is 80.8 Å². The number of hydrogen-bond donors (Lipinski definition) is 6. The second-order valence-electron chi connectivity index (χ2n) is 10.9. The Morgan fingerprint density at radius 1 is 0.978 bits per heavy atom. The second kappa shape index (κ2) is 13.9. The lowest BCUT2D eigenvalue weighted by Crippen LogP contribution is -2.25. The van der Waals surface area contributed by atoms with E-state index in [0.29, 0.717) is 63.1 Å². The minimum absolute atomic E-state index is 0.176. The van der Waals surface area contributed by atoms with E-state index in [2.05, 4.69) is 31.2 Å². The van der Waals surface area contributed by atoms with E-state index in [1.165, 1.54) is 24.4 Å². The molecule has 4 aromatic rings. The molecule has 5 rings (SSSR count). The number of nitrogens with two attached hydrogens (primary N) is 1. The van der Waals surface area contributed by atoms with E-state index in [4.69, 9.17) is 5.73 Å². The zero-order chi connectivity index (χ0) is 31.9. The molecule has 3 heterocycles. The number of anilines is 4. The molecule has 0 bridgehead atoms. The molecule has 2 aromatic carbocycles. The Morgan fingerprint density at radius 2 is 1.76 bits per heavy atom. The minimum Gasteiger partial charge on any atom is -0.397 e. The quantitative estimate of drug-likeness (QED) is 0.0668. The third kappa shape index (κ3) is 7.38. The largest absolute Gasteiger partial charge is 0.397 e. The lowest BCUT2D eigenvalue weighted by atomic mass is 10.0. The van der Waals surface area contributed by atoms with Crippen LogP contribution in [0.3, 0.4) is 0 Å². The van der Waals surface area contributed by atoms with E-state index >= 15 is 0 Å². The molecule has 1 aliphatic heterocycles. The van der Waals surface area contributed by atoms with Gasteiger partial charge >= 0.3 is 0 Å². The highest BCUT2D eigenvalue weighted by Gasteiger charge is 2.26. The molecular weight excluding hydrogens is 573 g/mol. The molecule has 0 atom stereocenters. The van der Waals surface area contributed by atoms with Crippen LogP contribution in [-0.4, -0.2) is 40.8 Å². The number of nitrogen functional groups attached to an aromatic ring is 1. The van der Waals surface area contributed by atoms with Crippen LogP contribution in [0.15, 0.2) is 60.8 Å². The highest BCUT2D eigenvalue weighted by Crippen LogP contribution is 2.34. The zero-order valence-electron chi connectivity index (χ0n) is 25.2. The standard InChI is InChI=1S/C34H36FN7O3/c1-20-29(18-25-24-17-23(35)12-13-27(24)41-33(25)44)40-21(2)31(20)34(45)38-16-8-4-3-7-15-37-30-14-11-22(19-39-30)32(43)42-28-10-6-5-9-26(28)36/h5-6,9-14,17-19,40H,3-4,7-8,15-16,36H2,1-2H3,(H,37,39)(H,38,45)(H,41,44)(H,42,43)/b25-18-. The molecule has 0 saturated heterocycles. The van der Waals surface area contributed by atoms with Gasteiger partial charge in [-0.2, -0.15) is 0 Å². The molecule has 0 aliphatic carbocycles. The normalized spacial score (nSPS) is 13.0. The molecule has 2 aromatic heterocycles. The fourth-order valence-corrected chi connectivity index (χ4v) is 5.26. The van der Waals surface area contributed by atoms with E-state index in [0.717, 1.165) is 37.8 Å². The van der Waals surface area contributed by atoms with Gasteiger partial charge in [-0.1, -0.05) is 25.0 Å². The monoisotopic (exact) mass is 609 g/mol. The molecule has 0 unspecified atom stereocenters. The lowest BCUT2D eigenvalue weighted by Gasteiger charge is -2.09. The summed E-state index contributed by atoms with van der Waals surface area (Å²) in [5.74, 6) is -0.499. The van der Waals surface area contributed by atoms with Gasteiger partial charge in [-0.15, -0.1) is 0 Å². The van der Waals surface area contributed by atoms with Crippen molar-refractivity contribution in [2.45, 2.75) is 39.5 Å². The number of aryl methyl sites for hydroxylation is 1. The zero-order valence-corrected chi connectivity index (χ0v) is 25.2. The average molecular weight is 610 g/mol. The molecule has 0 saturated carbocycles. The third-order valence-electron chi connectivity index (χ3n) is 7.69. The lowest BCUT2D eigenvalue weighted by molar-refractivity contribution is -0.110. The van der Waals surface area contributed by atoms with Crippen molar-refractivity contribution in [3.05, 3.63) is 100 Å². The van der Waals surface area contributed by atoms with E-state index in [-0.39, 0.29) is 17.7 Å². The number of hydrogen-bond acceptors (Lipinski definition) is 6. The molecule has 0 radical (unpaired) electrons. The Labute approximate surface area is 260 Å². The van der Waals surface area contributed by atoms with Crippen LogP contribution in [0.5, 0.6) is 0 Å². The Balaban J connectivity index is 1.02. The van der Waals surface area contributed by atoms with Crippen LogP contribution in [-0.2, 0) is 4.79 Å². The molecule has 0 fully saturated rings. The van der Waals surface area contributed by atoms with Gasteiger partial charge in [0.15, 0.2) is 0 Å². The summed E-state index contributed by atoms with van der Waals surface area (Å²) in [4.78, 5) is 45.5. The van der Waals surface area contributed by atoms with Crippen molar-refractivity contribution in [2.75, 3.05) is 34.8 Å². The maximum Gasteiger partial charge on any atom is 0.257 e. The predicted octanol–water partition coefficient (Wildman–Crippen LogP) is 5.90. The van der Waals surface area contributed by atoms with Crippen molar-refractivity contribution < 1.29 is 18.8 Å². The third-order valence-corrected chi connectivity index (χ3v) is 7.69. The highest BCUT2D eigenvalue weighted by molar-refractivity contribution is 6.35. The van der Waals surface area contributed by atoms with Crippen LogP contribution in [0.1, 0.15) is 68.9 Å². The summed E-state index contributed by atoms with van der Waals surface area (Å²) in [5.41, 5.74) is 11.4. The van der Waals surface area contributed by atoms with Crippen molar-refractivity contribution in [2.24, 2.45) is 0 Å². The smallest absolute Gasteiger partial charge is 0.257 e. The number of amides is 3. The van der Waals surface area contributed by atoms with Crippen LogP contribution in [0.4, 0.5) is 27.3 Å². The van der Waals surface area contributed by atoms with E-state index in [1.54, 1.807) is 42.5 Å². The number of para-hydroxylation sites is 2. The average Bonchev–Trinajstić information content (AvgIpc) is 3.48. The molecular formula is C34H36FN7O3. The summed E-state index contributed by atoms with van der Waals surface area (Å²) in [5, 5.41) is 11.8. The first-order valence-corrected chi connectivity index (χ1v) is 14.9. The van der Waals surface area contributed by atoms with Crippen molar-refractivity contribution in [3.8, 4) is 0 Å². The van der Waals surface area contributed by atoms with Gasteiger partial charge in [-0.25, -0.2) is 9.37 Å². The Kier molecular flexibility index (Phi) is 9.57. The van der Waals surface area contributed by atoms with Gasteiger partial charge in [0.25, 0.3) is 17.7 Å². The maximum atomic E-state index is 13.8. The number of carbonyl (C=O) groups is 3. The number of halogens is 1. The number of nitrogens with zero attached hydrogens (tertiary/aromatic N) is 1. The molecule has 10 nitrogen and oxygen atoms in total. The minimum atomic E-state index is -0.424. The Morgan fingerprint density at radius 3 is 2.51 bits per heavy atom. The number of fused-ring (bicyclic) bond motifs is 1. The van der Waals surface area contributed by atoms with Gasteiger partial charge in [0.2, 0.25) is 0 Å². The fraction of sp³-hybridized carbons (Fsp3) is 0.235. The molecule has 11 heteroatoms. The Bertz CT molecular complexity index is 1760. The van der Waals surface area contributed by atoms with Gasteiger partial charge in [0.1, 0.15) is 11.6 Å². The van der Waals surface area contributed by atoms with Gasteiger partial charge in [0, 0.05) is 41.9 Å². The highest BCUT2D eigenvalue weighted by atomic mass is 19.1. The van der Waals surface area contributed by atoms with Crippen LogP contribution in [0.25, 0.3) is 11.6 Å². The van der Waals surface area contributed by atoms with Crippen LogP contribution < -0.4 is 27.0 Å². The van der Waals surface area contributed by atoms with E-state index < -0.39 is 5.82 Å². The number of aromatic nitrogens is 2. The molecule has 45 heavy (non-hydrogen) atoms. The summed E-state index contributed by atoms with van der Waals surface area (Å²) < 4.78 is 13.8. The van der Waals surface area contributed by atoms with Crippen molar-refractivity contribution in [3.63, 3.8) is 0 Å². The van der Waals surface area contributed by atoms with E-state index in [9.17, 15) is 18.8 Å². The predicted molar refractivity (Wildman–Crippen MR) is 176 cm³/mol. The number of pyridine rings is 1. The summed E-state index contributed by atoms with van der Waals surface area (Å²) in [6, 6.07) is 14.7. The number of nitrogens with one attached hydrogen (secondary N) is 5. The number of benzene rings is 2. The molecule has 3 amide bonds. The van der Waals surface area contributed by atoms with Crippen LogP contribution >= 0.6 is 0 Å². The Hall–Kier alpha value is -5.45. The molecule has 1 aliphatic rings. The van der Waals surface area contributed by atoms with Gasteiger partial charge in [-0.3, -0.25) is 14.4 Å². The first kappa shape index (κ1) is 31.0. The summed E-state index contributed by atoms with van der Waals surface area (Å²) in [6.07, 6.45) is 6.88. The second-order valence-corrected chi connectivity index (χ2v) is 10.9. The van der Waals surface area contributed by atoms with E-state index in [1.807, 2.05) is 13.8 Å². The van der Waals surface area contributed by atoms with Crippen LogP contribution in [0, 0.1) is 19.7 Å². The number of rotatable bonds is 12. The molecule has 7 N–H and O–H groups in total. The topological polar surface area (TPSA) is 154 Å². The van der Waals surface area contributed by atoms with Gasteiger partial charge in [0.05, 0.1) is 28.1 Å². The SMILES string of the molecule is Cc1[nH]c(/C=C2\C(=O)Nc3ccc(F)cc32)c(C)c1C(=O)NCCCCCCNc1ccc(C(=O)Nc2ccccc2N)cn1. The first-order chi connectivity index (χ1) is 21.7. The molecule has 232 valence electrons. The first-order valence-electron chi connectivity index (χ1n) is 14.9. The summed E-state index contributed by atoms with van der Waals surface area (Å²) in [7, 11) is 0. The fourth-order valence-electron chi connectivity index (χ4n) is 5.26. The number of aromatic amines is 1. The van der Waals surface area contributed by atoms with Crippen molar-refractivity contribution in [1.29, 1.82) is 0 Å². The number of carbonyl (C=O) groups excluding carboxylic acids is 3. The maximum absolute atomic E-state index is 13.8. The molecule has 0 spiro atoms. The summed E-state index contributed by atoms with van der Waals surface area (Å²) >= 11 is 0. The summed E-state index contributed by atoms with van der Waals surface area (Å²) in [6.45, 7) is 4.93. The van der Waals surface area contributed by atoms with Gasteiger partial charge < -0.3 is 32.0 Å². The van der Waals surface area contributed by atoms with Crippen LogP contribution in [0.2, 0.25) is 0 Å². The van der Waals surface area contributed by atoms with Crippen molar-refractivity contribution in [1.82, 2.24) is 15.3 Å².